The molecule has 1 N–H and O–H groups in total. The first-order valence-electron chi connectivity index (χ1n) is 6.15. The van der Waals surface area contributed by atoms with Gasteiger partial charge in [0.25, 0.3) is 5.91 Å². The van der Waals surface area contributed by atoms with Crippen molar-refractivity contribution in [1.29, 1.82) is 0 Å². The summed E-state index contributed by atoms with van der Waals surface area (Å²) < 4.78 is 23.0. The number of nitrogens with zero attached hydrogens (tertiary/aromatic N) is 1. The van der Waals surface area contributed by atoms with Crippen molar-refractivity contribution >= 4 is 15.7 Å². The molecule has 1 saturated heterocycles. The van der Waals surface area contributed by atoms with Crippen LogP contribution in [0.1, 0.15) is 23.2 Å². The lowest BCUT2D eigenvalue weighted by Crippen LogP contribution is -2.37. The number of benzene rings is 1. The largest absolute Gasteiger partial charge is 0.394 e. The molecule has 0 saturated carbocycles. The Hall–Kier alpha value is -1.40. The van der Waals surface area contributed by atoms with Gasteiger partial charge in [0.05, 0.1) is 17.5 Å². The first kappa shape index (κ1) is 14.0. The third-order valence-corrected chi connectivity index (χ3v) is 4.47. The first-order chi connectivity index (χ1) is 8.93. The van der Waals surface area contributed by atoms with E-state index >= 15 is 0 Å². The number of rotatable bonds is 3. The van der Waals surface area contributed by atoms with E-state index in [0.717, 1.165) is 19.1 Å². The molecule has 1 fully saturated rings. The Bertz CT molecular complexity index is 582. The molecule has 1 aliphatic heterocycles. The monoisotopic (exact) mass is 283 g/mol. The van der Waals surface area contributed by atoms with E-state index in [0.29, 0.717) is 12.1 Å². The molecule has 1 unspecified atom stereocenters. The van der Waals surface area contributed by atoms with Crippen LogP contribution in [0.3, 0.4) is 0 Å². The van der Waals surface area contributed by atoms with Gasteiger partial charge in [-0.25, -0.2) is 8.42 Å². The maximum absolute atomic E-state index is 12.3. The van der Waals surface area contributed by atoms with Crippen molar-refractivity contribution in [3.8, 4) is 0 Å². The van der Waals surface area contributed by atoms with E-state index in [-0.39, 0.29) is 23.5 Å². The summed E-state index contributed by atoms with van der Waals surface area (Å²) in [7, 11) is -3.32. The van der Waals surface area contributed by atoms with Crippen molar-refractivity contribution in [2.45, 2.75) is 23.8 Å². The minimum absolute atomic E-state index is 0.0580. The average molecular weight is 283 g/mol. The van der Waals surface area contributed by atoms with Crippen molar-refractivity contribution in [2.24, 2.45) is 0 Å². The summed E-state index contributed by atoms with van der Waals surface area (Å²) in [4.78, 5) is 14.1. The standard InChI is InChI=1S/C13H17NO4S/c1-19(17,18)12-6-2-4-10(8-12)13(16)14-7-3-5-11(14)9-15/h2,4,6,8,11,15H,3,5,7,9H2,1H3. The zero-order valence-corrected chi connectivity index (χ0v) is 11.6. The van der Waals surface area contributed by atoms with Gasteiger partial charge in [-0.15, -0.1) is 0 Å². The van der Waals surface area contributed by atoms with Crippen molar-refractivity contribution in [3.63, 3.8) is 0 Å². The number of carbonyl (C=O) groups is 1. The highest BCUT2D eigenvalue weighted by Crippen LogP contribution is 2.21. The van der Waals surface area contributed by atoms with Crippen LogP contribution in [-0.4, -0.2) is 49.8 Å². The smallest absolute Gasteiger partial charge is 0.254 e. The fourth-order valence-corrected chi connectivity index (χ4v) is 2.99. The molecule has 1 heterocycles. The van der Waals surface area contributed by atoms with Crippen LogP contribution in [0.2, 0.25) is 0 Å². The molecule has 1 aliphatic rings. The van der Waals surface area contributed by atoms with Gasteiger partial charge >= 0.3 is 0 Å². The Kier molecular flexibility index (Phi) is 3.91. The van der Waals surface area contributed by atoms with Crippen molar-refractivity contribution < 1.29 is 18.3 Å². The highest BCUT2D eigenvalue weighted by molar-refractivity contribution is 7.90. The fourth-order valence-electron chi connectivity index (χ4n) is 2.32. The summed E-state index contributed by atoms with van der Waals surface area (Å²) in [6, 6.07) is 5.87. The molecule has 1 aromatic rings. The van der Waals surface area contributed by atoms with Crippen molar-refractivity contribution in [3.05, 3.63) is 29.8 Å². The quantitative estimate of drug-likeness (QED) is 0.885. The number of aliphatic hydroxyl groups excluding tert-OH is 1. The molecule has 0 aliphatic carbocycles. The van der Waals surface area contributed by atoms with Gasteiger partial charge < -0.3 is 10.0 Å². The summed E-state index contributed by atoms with van der Waals surface area (Å²) in [5.41, 5.74) is 0.350. The second-order valence-electron chi connectivity index (χ2n) is 4.78. The number of hydrogen-bond donors (Lipinski definition) is 1. The number of carbonyl (C=O) groups excluding carboxylic acids is 1. The van der Waals surface area contributed by atoms with Crippen LogP contribution in [0.5, 0.6) is 0 Å². The molecule has 0 bridgehead atoms. The molecule has 1 aromatic carbocycles. The summed E-state index contributed by atoms with van der Waals surface area (Å²) in [5.74, 6) is -0.220. The molecule has 2 rings (SSSR count). The molecule has 19 heavy (non-hydrogen) atoms. The summed E-state index contributed by atoms with van der Waals surface area (Å²) in [6.45, 7) is 0.546. The van der Waals surface area contributed by atoms with E-state index in [9.17, 15) is 18.3 Å². The molecule has 1 amide bonds. The Morgan fingerprint density at radius 2 is 2.21 bits per heavy atom. The summed E-state index contributed by atoms with van der Waals surface area (Å²) in [6.07, 6.45) is 2.76. The van der Waals surface area contributed by atoms with E-state index in [1.165, 1.54) is 12.1 Å². The highest BCUT2D eigenvalue weighted by atomic mass is 32.2. The van der Waals surface area contributed by atoms with Crippen molar-refractivity contribution in [1.82, 2.24) is 4.90 Å². The molecule has 5 nitrogen and oxygen atoms in total. The molecule has 0 aromatic heterocycles. The van der Waals surface area contributed by atoms with Crippen LogP contribution in [0.15, 0.2) is 29.2 Å². The third-order valence-electron chi connectivity index (χ3n) is 3.36. The SMILES string of the molecule is CS(=O)(=O)c1cccc(C(=O)N2CCCC2CO)c1. The second-order valence-corrected chi connectivity index (χ2v) is 6.79. The minimum Gasteiger partial charge on any atom is -0.394 e. The number of amides is 1. The highest BCUT2D eigenvalue weighted by Gasteiger charge is 2.29. The van der Waals surface area contributed by atoms with E-state index in [1.807, 2.05) is 0 Å². The molecular formula is C13H17NO4S. The summed E-state index contributed by atoms with van der Waals surface area (Å²) in [5, 5.41) is 9.23. The van der Waals surface area contributed by atoms with Crippen LogP contribution < -0.4 is 0 Å². The normalized spacial score (nSPS) is 19.7. The summed E-state index contributed by atoms with van der Waals surface area (Å²) >= 11 is 0. The number of likely N-dealkylation sites (tertiary alicyclic amines) is 1. The molecule has 0 radical (unpaired) electrons. The van der Waals surface area contributed by atoms with E-state index in [2.05, 4.69) is 0 Å². The van der Waals surface area contributed by atoms with Crippen LogP contribution in [0.4, 0.5) is 0 Å². The van der Waals surface area contributed by atoms with Crippen LogP contribution in [0, 0.1) is 0 Å². The van der Waals surface area contributed by atoms with Gasteiger partial charge in [0.1, 0.15) is 0 Å². The maximum Gasteiger partial charge on any atom is 0.254 e. The predicted molar refractivity (Wildman–Crippen MR) is 70.7 cm³/mol. The van der Waals surface area contributed by atoms with Crippen LogP contribution >= 0.6 is 0 Å². The van der Waals surface area contributed by atoms with Crippen LogP contribution in [0.25, 0.3) is 0 Å². The fraction of sp³-hybridized carbons (Fsp3) is 0.462. The van der Waals surface area contributed by atoms with E-state index < -0.39 is 9.84 Å². The minimum atomic E-state index is -3.32. The van der Waals surface area contributed by atoms with Gasteiger partial charge in [-0.1, -0.05) is 6.07 Å². The lowest BCUT2D eigenvalue weighted by atomic mass is 10.2. The Balaban J connectivity index is 2.29. The lowest BCUT2D eigenvalue weighted by Gasteiger charge is -2.23. The predicted octanol–water partition coefficient (Wildman–Crippen LogP) is 0.687. The number of aliphatic hydroxyl groups is 1. The molecule has 0 spiro atoms. The Morgan fingerprint density at radius 1 is 1.47 bits per heavy atom. The molecule has 1 atom stereocenters. The van der Waals surface area contributed by atoms with Crippen molar-refractivity contribution in [2.75, 3.05) is 19.4 Å². The van der Waals surface area contributed by atoms with E-state index in [1.54, 1.807) is 17.0 Å². The molecular weight excluding hydrogens is 266 g/mol. The van der Waals surface area contributed by atoms with Gasteiger partial charge in [-0.2, -0.15) is 0 Å². The third kappa shape index (κ3) is 2.96. The average Bonchev–Trinajstić information content (AvgIpc) is 2.85. The second kappa shape index (κ2) is 5.30. The van der Waals surface area contributed by atoms with Gasteiger partial charge in [-0.3, -0.25) is 4.79 Å². The van der Waals surface area contributed by atoms with Gasteiger partial charge in [0.15, 0.2) is 9.84 Å². The zero-order valence-electron chi connectivity index (χ0n) is 10.7. The maximum atomic E-state index is 12.3. The Morgan fingerprint density at radius 3 is 2.84 bits per heavy atom. The number of hydrogen-bond acceptors (Lipinski definition) is 4. The molecule has 104 valence electrons. The number of sulfone groups is 1. The lowest BCUT2D eigenvalue weighted by molar-refractivity contribution is 0.0677. The van der Waals surface area contributed by atoms with Gasteiger partial charge in [0, 0.05) is 18.4 Å². The Labute approximate surface area is 112 Å². The van der Waals surface area contributed by atoms with Gasteiger partial charge in [0.2, 0.25) is 0 Å². The van der Waals surface area contributed by atoms with Crippen LogP contribution in [-0.2, 0) is 9.84 Å². The van der Waals surface area contributed by atoms with E-state index in [4.69, 9.17) is 0 Å². The van der Waals surface area contributed by atoms with Gasteiger partial charge in [-0.05, 0) is 31.0 Å². The first-order valence-corrected chi connectivity index (χ1v) is 8.04. The zero-order chi connectivity index (χ0) is 14.0. The topological polar surface area (TPSA) is 74.7 Å². The molecule has 6 heteroatoms.